The van der Waals surface area contributed by atoms with Gasteiger partial charge in [0.25, 0.3) is 0 Å². The van der Waals surface area contributed by atoms with Crippen LogP contribution >= 0.6 is 0 Å². The molecule has 0 aliphatic carbocycles. The number of rotatable bonds is 9. The maximum atomic E-state index is 13.2. The molecule has 0 radical (unpaired) electrons. The first-order valence-corrected chi connectivity index (χ1v) is 9.44. The summed E-state index contributed by atoms with van der Waals surface area (Å²) in [5.41, 5.74) is 2.59. The summed E-state index contributed by atoms with van der Waals surface area (Å²) in [5.74, 6) is -0.209. The lowest BCUT2D eigenvalue weighted by molar-refractivity contribution is 0.204. The first-order valence-electron chi connectivity index (χ1n) is 7.95. The summed E-state index contributed by atoms with van der Waals surface area (Å²) in [6.45, 7) is 3.50. The van der Waals surface area contributed by atoms with Crippen LogP contribution in [0.1, 0.15) is 16.7 Å². The van der Waals surface area contributed by atoms with Crippen molar-refractivity contribution >= 4 is 10.0 Å². The average Bonchev–Trinajstić information content (AvgIpc) is 2.59. The number of halogens is 1. The summed E-state index contributed by atoms with van der Waals surface area (Å²) < 4.78 is 44.7. The Morgan fingerprint density at radius 1 is 1.04 bits per heavy atom. The number of aryl methyl sites for hydroxylation is 1. The minimum absolute atomic E-state index is 0.209. The Bertz CT molecular complexity index is 792. The Kier molecular flexibility index (Phi) is 7.07. The molecule has 0 amide bonds. The molecule has 0 bridgehead atoms. The smallest absolute Gasteiger partial charge is 0.240 e. The van der Waals surface area contributed by atoms with Gasteiger partial charge in [-0.25, -0.2) is 17.5 Å². The fourth-order valence-electron chi connectivity index (χ4n) is 2.32. The highest BCUT2D eigenvalue weighted by atomic mass is 32.2. The Hall–Kier alpha value is -1.80. The molecule has 0 saturated heterocycles. The number of methoxy groups -OCH3 is 1. The van der Waals surface area contributed by atoms with Gasteiger partial charge >= 0.3 is 0 Å². The zero-order valence-corrected chi connectivity index (χ0v) is 15.2. The molecule has 5 nitrogen and oxygen atoms in total. The van der Waals surface area contributed by atoms with E-state index in [1.807, 2.05) is 6.07 Å². The molecule has 0 aromatic heterocycles. The van der Waals surface area contributed by atoms with Gasteiger partial charge in [0.1, 0.15) is 5.82 Å². The second-order valence-corrected chi connectivity index (χ2v) is 7.49. The van der Waals surface area contributed by atoms with Crippen LogP contribution < -0.4 is 10.0 Å². The molecule has 25 heavy (non-hydrogen) atoms. The average molecular weight is 366 g/mol. The van der Waals surface area contributed by atoms with Crippen molar-refractivity contribution in [3.63, 3.8) is 0 Å². The van der Waals surface area contributed by atoms with Crippen molar-refractivity contribution in [3.8, 4) is 0 Å². The van der Waals surface area contributed by atoms with Crippen LogP contribution in [-0.4, -0.2) is 28.7 Å². The van der Waals surface area contributed by atoms with Gasteiger partial charge in [-0.2, -0.15) is 0 Å². The monoisotopic (exact) mass is 366 g/mol. The number of sulfonamides is 1. The van der Waals surface area contributed by atoms with E-state index in [-0.39, 0.29) is 17.3 Å². The zero-order valence-electron chi connectivity index (χ0n) is 14.4. The van der Waals surface area contributed by atoms with Gasteiger partial charge < -0.3 is 10.1 Å². The molecule has 136 valence electrons. The van der Waals surface area contributed by atoms with Gasteiger partial charge in [-0.1, -0.05) is 24.3 Å². The molecule has 2 N–H and O–H groups in total. The molecule has 0 aliphatic heterocycles. The van der Waals surface area contributed by atoms with Crippen LogP contribution in [0.4, 0.5) is 4.39 Å². The van der Waals surface area contributed by atoms with Gasteiger partial charge in [-0.3, -0.25) is 0 Å². The van der Waals surface area contributed by atoms with E-state index in [2.05, 4.69) is 10.0 Å². The van der Waals surface area contributed by atoms with Crippen molar-refractivity contribution in [2.45, 2.75) is 24.9 Å². The van der Waals surface area contributed by atoms with E-state index < -0.39 is 10.0 Å². The maximum absolute atomic E-state index is 13.2. The normalized spacial score (nSPS) is 11.6. The molecule has 0 saturated carbocycles. The number of hydrogen-bond acceptors (Lipinski definition) is 4. The van der Waals surface area contributed by atoms with Crippen LogP contribution in [0.15, 0.2) is 47.4 Å². The molecule has 0 unspecified atom stereocenters. The standard InChI is InChI=1S/C18H23FN2O3S/c1-14-11-16(5-8-18(14)19)13-20-12-15-3-6-17(7-4-15)25(22,23)21-9-10-24-2/h3-8,11,20-21H,9-10,12-13H2,1-2H3. The topological polar surface area (TPSA) is 67.4 Å². The predicted molar refractivity (Wildman–Crippen MR) is 95.2 cm³/mol. The third kappa shape index (κ3) is 5.89. The molecule has 0 fully saturated rings. The molecule has 0 spiro atoms. The molecule has 0 aliphatic rings. The summed E-state index contributed by atoms with van der Waals surface area (Å²) in [5, 5.41) is 3.26. The maximum Gasteiger partial charge on any atom is 0.240 e. The molecule has 0 atom stereocenters. The molecule has 0 heterocycles. The van der Waals surface area contributed by atoms with Crippen molar-refractivity contribution < 1.29 is 17.5 Å². The minimum atomic E-state index is -3.51. The Balaban J connectivity index is 1.88. The van der Waals surface area contributed by atoms with Crippen LogP contribution in [0.25, 0.3) is 0 Å². The second-order valence-electron chi connectivity index (χ2n) is 5.72. The molecule has 2 aromatic carbocycles. The Morgan fingerprint density at radius 3 is 2.32 bits per heavy atom. The van der Waals surface area contributed by atoms with Crippen LogP contribution in [0.2, 0.25) is 0 Å². The van der Waals surface area contributed by atoms with Crippen molar-refractivity contribution in [1.82, 2.24) is 10.0 Å². The fourth-order valence-corrected chi connectivity index (χ4v) is 3.33. The molecule has 2 rings (SSSR count). The summed E-state index contributed by atoms with van der Waals surface area (Å²) in [6.07, 6.45) is 0. The quantitative estimate of drug-likeness (QED) is 0.669. The van der Waals surface area contributed by atoms with Crippen LogP contribution in [0.3, 0.4) is 0 Å². The molecule has 2 aromatic rings. The summed E-state index contributed by atoms with van der Waals surface area (Å²) >= 11 is 0. The van der Waals surface area contributed by atoms with E-state index in [1.54, 1.807) is 37.3 Å². The van der Waals surface area contributed by atoms with Crippen molar-refractivity contribution in [3.05, 3.63) is 65.0 Å². The van der Waals surface area contributed by atoms with Crippen LogP contribution in [-0.2, 0) is 27.8 Å². The second kappa shape index (κ2) is 9.05. The summed E-state index contributed by atoms with van der Waals surface area (Å²) in [4.78, 5) is 0.224. The molecular formula is C18H23FN2O3S. The van der Waals surface area contributed by atoms with Crippen LogP contribution in [0.5, 0.6) is 0 Å². The zero-order chi connectivity index (χ0) is 18.3. The summed E-state index contributed by atoms with van der Waals surface area (Å²) in [6, 6.07) is 11.7. The largest absolute Gasteiger partial charge is 0.383 e. The number of hydrogen-bond donors (Lipinski definition) is 2. The first kappa shape index (κ1) is 19.5. The highest BCUT2D eigenvalue weighted by Crippen LogP contribution is 2.12. The Labute approximate surface area is 148 Å². The first-order chi connectivity index (χ1) is 11.9. The van der Waals surface area contributed by atoms with E-state index in [9.17, 15) is 12.8 Å². The lowest BCUT2D eigenvalue weighted by Crippen LogP contribution is -2.27. The van der Waals surface area contributed by atoms with E-state index in [0.717, 1.165) is 11.1 Å². The van der Waals surface area contributed by atoms with Gasteiger partial charge in [-0.15, -0.1) is 0 Å². The Morgan fingerprint density at radius 2 is 1.68 bits per heavy atom. The van der Waals surface area contributed by atoms with Gasteiger partial charge in [-0.05, 0) is 41.8 Å². The lowest BCUT2D eigenvalue weighted by Gasteiger charge is -2.09. The third-order valence-corrected chi connectivity index (χ3v) is 5.19. The van der Waals surface area contributed by atoms with Crippen LogP contribution in [0, 0.1) is 12.7 Å². The van der Waals surface area contributed by atoms with Crippen molar-refractivity contribution in [2.75, 3.05) is 20.3 Å². The highest BCUT2D eigenvalue weighted by molar-refractivity contribution is 7.89. The fraction of sp³-hybridized carbons (Fsp3) is 0.333. The molecular weight excluding hydrogens is 343 g/mol. The van der Waals surface area contributed by atoms with Gasteiger partial charge in [0.15, 0.2) is 0 Å². The third-order valence-electron chi connectivity index (χ3n) is 3.71. The van der Waals surface area contributed by atoms with Gasteiger partial charge in [0.05, 0.1) is 11.5 Å². The highest BCUT2D eigenvalue weighted by Gasteiger charge is 2.12. The molecule has 7 heteroatoms. The van der Waals surface area contributed by atoms with Gasteiger partial charge in [0.2, 0.25) is 10.0 Å². The van der Waals surface area contributed by atoms with E-state index in [0.29, 0.717) is 25.3 Å². The lowest BCUT2D eigenvalue weighted by atomic mass is 10.1. The number of ether oxygens (including phenoxy) is 1. The predicted octanol–water partition coefficient (Wildman–Crippen LogP) is 2.35. The van der Waals surface area contributed by atoms with E-state index in [1.165, 1.54) is 13.2 Å². The number of benzene rings is 2. The minimum Gasteiger partial charge on any atom is -0.383 e. The van der Waals surface area contributed by atoms with Gasteiger partial charge in [0, 0.05) is 26.7 Å². The van der Waals surface area contributed by atoms with E-state index in [4.69, 9.17) is 4.74 Å². The summed E-state index contributed by atoms with van der Waals surface area (Å²) in [7, 11) is -1.99. The number of nitrogens with one attached hydrogen (secondary N) is 2. The van der Waals surface area contributed by atoms with Crippen molar-refractivity contribution in [2.24, 2.45) is 0 Å². The van der Waals surface area contributed by atoms with Crippen molar-refractivity contribution in [1.29, 1.82) is 0 Å². The van der Waals surface area contributed by atoms with E-state index >= 15 is 0 Å². The SMILES string of the molecule is COCCNS(=O)(=O)c1ccc(CNCc2ccc(F)c(C)c2)cc1.